The Balaban J connectivity index is 1.52. The molecule has 2 amide bonds. The minimum atomic E-state index is -0.665. The first kappa shape index (κ1) is 28.0. The van der Waals surface area contributed by atoms with Crippen LogP contribution in [0.15, 0.2) is 59.5 Å². The van der Waals surface area contributed by atoms with E-state index in [1.54, 1.807) is 30.5 Å². The van der Waals surface area contributed by atoms with Crippen LogP contribution in [0.5, 0.6) is 11.5 Å². The molecule has 2 aromatic carbocycles. The number of benzene rings is 2. The first-order valence-corrected chi connectivity index (χ1v) is 12.9. The van der Waals surface area contributed by atoms with Gasteiger partial charge in [-0.1, -0.05) is 11.6 Å². The molecule has 8 nitrogen and oxygen atoms in total. The van der Waals surface area contributed by atoms with Crippen molar-refractivity contribution in [2.45, 2.75) is 58.0 Å². The first-order chi connectivity index (χ1) is 18.4. The summed E-state index contributed by atoms with van der Waals surface area (Å²) in [4.78, 5) is 33.9. The summed E-state index contributed by atoms with van der Waals surface area (Å²) in [5, 5.41) is 6.32. The van der Waals surface area contributed by atoms with Crippen LogP contribution in [0.3, 0.4) is 0 Å². The van der Waals surface area contributed by atoms with E-state index in [1.165, 1.54) is 18.5 Å². The molecule has 0 spiro atoms. The highest BCUT2D eigenvalue weighted by Gasteiger charge is 2.38. The molecule has 1 saturated carbocycles. The quantitative estimate of drug-likeness (QED) is 0.323. The molecule has 0 atom stereocenters. The number of hydrogen-bond donors (Lipinski definition) is 3. The van der Waals surface area contributed by atoms with Crippen LogP contribution in [0.25, 0.3) is 10.9 Å². The lowest BCUT2D eigenvalue weighted by atomic mass is 10.1. The number of pyridine rings is 1. The summed E-state index contributed by atoms with van der Waals surface area (Å²) in [7, 11) is 0. The van der Waals surface area contributed by atoms with E-state index in [4.69, 9.17) is 22.1 Å². The molecule has 39 heavy (non-hydrogen) atoms. The number of aromatic nitrogens is 1. The zero-order valence-corrected chi connectivity index (χ0v) is 23.0. The van der Waals surface area contributed by atoms with E-state index in [1.807, 2.05) is 27.7 Å². The Morgan fingerprint density at radius 3 is 2.62 bits per heavy atom. The van der Waals surface area contributed by atoms with Gasteiger partial charge in [-0.15, -0.1) is 0 Å². The van der Waals surface area contributed by atoms with Crippen LogP contribution in [0.4, 0.5) is 4.39 Å². The molecule has 0 aliphatic heterocycles. The van der Waals surface area contributed by atoms with Gasteiger partial charge in [0.25, 0.3) is 5.91 Å². The van der Waals surface area contributed by atoms with Crippen molar-refractivity contribution in [3.8, 4) is 11.5 Å². The molecule has 1 heterocycles. The monoisotopic (exact) mass is 551 g/mol. The van der Waals surface area contributed by atoms with E-state index in [-0.39, 0.29) is 39.7 Å². The molecule has 0 bridgehead atoms. The second-order valence-corrected chi connectivity index (χ2v) is 11.2. The summed E-state index contributed by atoms with van der Waals surface area (Å²) in [6.45, 7) is 7.71. The molecular formula is C29H31ClFN5O3. The number of fused-ring (bicyclic) bond motifs is 1. The topological polar surface area (TPSA) is 119 Å². The number of rotatable bonds is 8. The Labute approximate surface area is 231 Å². The minimum Gasteiger partial charge on any atom is -0.455 e. The van der Waals surface area contributed by atoms with Gasteiger partial charge in [0.1, 0.15) is 17.3 Å². The normalized spacial score (nSPS) is 14.9. The molecule has 0 saturated heterocycles. The smallest absolute Gasteiger partial charge is 0.251 e. The maximum Gasteiger partial charge on any atom is 0.251 e. The molecule has 3 aromatic rings. The van der Waals surface area contributed by atoms with Gasteiger partial charge in [-0.25, -0.2) is 4.39 Å². The van der Waals surface area contributed by atoms with Crippen molar-refractivity contribution in [1.82, 2.24) is 15.6 Å². The number of carbonyl (C=O) groups is 2. The number of allylic oxidation sites excluding steroid dienone is 1. The van der Waals surface area contributed by atoms with Crippen molar-refractivity contribution in [1.29, 1.82) is 0 Å². The number of carbonyl (C=O) groups excluding carboxylic acids is 2. The third-order valence-corrected chi connectivity index (χ3v) is 6.40. The fourth-order valence-corrected chi connectivity index (χ4v) is 3.90. The molecule has 1 fully saturated rings. The number of nitrogens with one attached hydrogen (secondary N) is 2. The van der Waals surface area contributed by atoms with E-state index in [0.717, 1.165) is 18.9 Å². The van der Waals surface area contributed by atoms with Crippen molar-refractivity contribution >= 4 is 40.5 Å². The number of nitrogens with zero attached hydrogens (tertiary/aromatic N) is 2. The maximum absolute atomic E-state index is 15.0. The van der Waals surface area contributed by atoms with Crippen molar-refractivity contribution in [3.63, 3.8) is 0 Å². The van der Waals surface area contributed by atoms with Crippen LogP contribution in [0.1, 0.15) is 56.5 Å². The summed E-state index contributed by atoms with van der Waals surface area (Å²) in [6.07, 6.45) is 5.84. The summed E-state index contributed by atoms with van der Waals surface area (Å²) < 4.78 is 21.0. The largest absolute Gasteiger partial charge is 0.455 e. The predicted octanol–water partition coefficient (Wildman–Crippen LogP) is 5.43. The van der Waals surface area contributed by atoms with Gasteiger partial charge < -0.3 is 21.1 Å². The van der Waals surface area contributed by atoms with E-state index in [2.05, 4.69) is 20.6 Å². The number of aliphatic imine (C=N–C) groups is 1. The van der Waals surface area contributed by atoms with Gasteiger partial charge in [-0.2, -0.15) is 0 Å². The van der Waals surface area contributed by atoms with E-state index < -0.39 is 11.7 Å². The summed E-state index contributed by atoms with van der Waals surface area (Å²) >= 11 is 6.42. The van der Waals surface area contributed by atoms with Gasteiger partial charge in [0.05, 0.1) is 28.2 Å². The van der Waals surface area contributed by atoms with Crippen molar-refractivity contribution in [3.05, 3.63) is 76.5 Å². The van der Waals surface area contributed by atoms with Crippen LogP contribution in [0.2, 0.25) is 5.02 Å². The number of hydrogen-bond acceptors (Lipinski definition) is 6. The van der Waals surface area contributed by atoms with Crippen LogP contribution >= 0.6 is 11.6 Å². The lowest BCUT2D eigenvalue weighted by Crippen LogP contribution is -2.34. The van der Waals surface area contributed by atoms with E-state index in [0.29, 0.717) is 27.9 Å². The minimum absolute atomic E-state index is 0.0611. The fraction of sp³-hybridized carbons (Fsp3) is 0.310. The molecule has 1 aliphatic carbocycles. The van der Waals surface area contributed by atoms with Gasteiger partial charge >= 0.3 is 0 Å². The Hall–Kier alpha value is -3.98. The third kappa shape index (κ3) is 7.32. The second-order valence-electron chi connectivity index (χ2n) is 10.8. The van der Waals surface area contributed by atoms with Gasteiger partial charge in [0.15, 0.2) is 0 Å². The summed E-state index contributed by atoms with van der Waals surface area (Å²) in [5.41, 5.74) is 6.52. The maximum atomic E-state index is 15.0. The highest BCUT2D eigenvalue weighted by molar-refractivity contribution is 6.32. The highest BCUT2D eigenvalue weighted by atomic mass is 35.5. The molecule has 204 valence electrons. The number of nitrogens with two attached hydrogens (primary N) is 1. The predicted molar refractivity (Wildman–Crippen MR) is 151 cm³/mol. The fourth-order valence-electron chi connectivity index (χ4n) is 3.67. The molecule has 4 N–H and O–H groups in total. The molecule has 1 aromatic heterocycles. The highest BCUT2D eigenvalue weighted by Crippen LogP contribution is 2.36. The Morgan fingerprint density at radius 2 is 1.95 bits per heavy atom. The lowest BCUT2D eigenvalue weighted by Gasteiger charge is -2.14. The average molecular weight is 552 g/mol. The van der Waals surface area contributed by atoms with Crippen LogP contribution in [0, 0.1) is 5.82 Å². The summed E-state index contributed by atoms with van der Waals surface area (Å²) in [6, 6.07) is 9.20. The summed E-state index contributed by atoms with van der Waals surface area (Å²) in [5.74, 6) is -0.916. The van der Waals surface area contributed by atoms with Crippen LogP contribution in [-0.4, -0.2) is 34.1 Å². The molecule has 1 aliphatic rings. The first-order valence-electron chi connectivity index (χ1n) is 12.5. The number of amides is 2. The molecule has 4 rings (SSSR count). The standard InChI is InChI=1S/C29H31ClFN5O3/c1-28(2,3)34-16-19(15-32)35-26(37)13-18-12-21(30)25(14-22(18)31)39-24-7-10-33-23-6-5-17(11-20(23)24)27(38)36-29(4)8-9-29/h5-7,10-12,14-16H,8-9,13,32H2,1-4H3,(H,35,37)(H,36,38)/b19-15+,34-16?. The zero-order chi connectivity index (χ0) is 28.4. The lowest BCUT2D eigenvalue weighted by molar-refractivity contribution is -0.119. The number of halogens is 2. The second kappa shape index (κ2) is 11.0. The van der Waals surface area contributed by atoms with Gasteiger partial charge in [-0.05, 0) is 76.4 Å². The van der Waals surface area contributed by atoms with Crippen LogP contribution in [-0.2, 0) is 11.2 Å². The molecule has 10 heteroatoms. The molecular weight excluding hydrogens is 521 g/mol. The molecule has 0 radical (unpaired) electrons. The Kier molecular flexibility index (Phi) is 7.92. The van der Waals surface area contributed by atoms with Gasteiger partial charge in [-0.3, -0.25) is 19.6 Å². The molecule has 0 unspecified atom stereocenters. The SMILES string of the molecule is CC(C)(C)N=C/C(=C\N)NC(=O)Cc1cc(Cl)c(Oc2ccnc3ccc(C(=O)NC4(C)CC4)cc23)cc1F. The van der Waals surface area contributed by atoms with Crippen molar-refractivity contribution in [2.24, 2.45) is 10.7 Å². The van der Waals surface area contributed by atoms with Crippen molar-refractivity contribution < 1.29 is 18.7 Å². The zero-order valence-electron chi connectivity index (χ0n) is 22.3. The van der Waals surface area contributed by atoms with E-state index >= 15 is 4.39 Å². The van der Waals surface area contributed by atoms with Crippen molar-refractivity contribution in [2.75, 3.05) is 0 Å². The Bertz CT molecular complexity index is 1490. The average Bonchev–Trinajstić information content (AvgIpc) is 3.60. The Morgan fingerprint density at radius 1 is 1.21 bits per heavy atom. The van der Waals surface area contributed by atoms with Crippen LogP contribution < -0.4 is 21.1 Å². The number of ether oxygens (including phenoxy) is 1. The third-order valence-electron chi connectivity index (χ3n) is 6.11. The van der Waals surface area contributed by atoms with Gasteiger partial charge in [0, 0.05) is 41.2 Å². The van der Waals surface area contributed by atoms with E-state index in [9.17, 15) is 9.59 Å². The van der Waals surface area contributed by atoms with Gasteiger partial charge in [0.2, 0.25) is 5.91 Å².